The number of carbonyl (C=O) groups excluding carboxylic acids is 2. The van der Waals surface area contributed by atoms with Crippen molar-refractivity contribution in [2.45, 2.75) is 19.3 Å². The maximum Gasteiger partial charge on any atom is 0.349 e. The van der Waals surface area contributed by atoms with Crippen molar-refractivity contribution in [3.05, 3.63) is 35.4 Å². The molecule has 0 radical (unpaired) electrons. The molecule has 6 nitrogen and oxygen atoms in total. The van der Waals surface area contributed by atoms with E-state index < -0.39 is 46.3 Å². The largest absolute Gasteiger partial charge is 0.350 e. The third-order valence-corrected chi connectivity index (χ3v) is 3.23. The molecular weight excluding hydrogens is 318 g/mol. The number of hydrogen-bond donors (Lipinski definition) is 2. The molecule has 9 heteroatoms. The quantitative estimate of drug-likeness (QED) is 0.800. The molecule has 122 valence electrons. The van der Waals surface area contributed by atoms with Crippen LogP contribution in [0.1, 0.15) is 17.5 Å². The van der Waals surface area contributed by atoms with Gasteiger partial charge in [-0.25, -0.2) is 8.42 Å². The molecule has 0 bridgehead atoms. The molecule has 0 fully saturated rings. The van der Waals surface area contributed by atoms with E-state index in [1.807, 2.05) is 5.32 Å². The minimum atomic E-state index is -3.74. The van der Waals surface area contributed by atoms with E-state index in [1.165, 1.54) is 12.1 Å². The molecule has 0 saturated heterocycles. The second-order valence-corrected chi connectivity index (χ2v) is 6.49. The van der Waals surface area contributed by atoms with Gasteiger partial charge in [-0.3, -0.25) is 14.3 Å². The van der Waals surface area contributed by atoms with E-state index in [0.717, 1.165) is 24.0 Å². The van der Waals surface area contributed by atoms with Gasteiger partial charge >= 0.3 is 5.92 Å². The minimum Gasteiger partial charge on any atom is -0.350 e. The van der Waals surface area contributed by atoms with Gasteiger partial charge < -0.3 is 5.32 Å². The highest BCUT2D eigenvalue weighted by molar-refractivity contribution is 7.89. The molecule has 22 heavy (non-hydrogen) atoms. The molecule has 1 aromatic carbocycles. The molecule has 1 aromatic rings. The Hall–Kier alpha value is -2.03. The zero-order chi connectivity index (χ0) is 17.0. The molecule has 0 aliphatic carbocycles. The Morgan fingerprint density at radius 3 is 2.23 bits per heavy atom. The fourth-order valence-electron chi connectivity index (χ4n) is 1.55. The molecule has 0 aromatic heterocycles. The Morgan fingerprint density at radius 2 is 1.73 bits per heavy atom. The molecule has 0 unspecified atom stereocenters. The van der Waals surface area contributed by atoms with E-state index in [1.54, 1.807) is 11.6 Å². The van der Waals surface area contributed by atoms with Gasteiger partial charge in [-0.05, 0) is 6.92 Å². The molecular formula is C13H16F2N2O4S. The van der Waals surface area contributed by atoms with Crippen molar-refractivity contribution in [1.82, 2.24) is 10.0 Å². The molecule has 0 atom stereocenters. The first kappa shape index (κ1) is 18.0. The molecule has 1 rings (SSSR count). The summed E-state index contributed by atoms with van der Waals surface area (Å²) < 4.78 is 50.9. The van der Waals surface area contributed by atoms with Gasteiger partial charge in [0.2, 0.25) is 15.9 Å². The Bertz CT molecular complexity index is 657. The number of hydrogen-bond acceptors (Lipinski definition) is 4. The second-order valence-electron chi connectivity index (χ2n) is 4.74. The summed E-state index contributed by atoms with van der Waals surface area (Å²) in [6.45, 7) is 1.32. The van der Waals surface area contributed by atoms with E-state index in [9.17, 15) is 26.8 Å². The van der Waals surface area contributed by atoms with Crippen molar-refractivity contribution in [2.75, 3.05) is 12.8 Å². The van der Waals surface area contributed by atoms with Gasteiger partial charge in [0.25, 0.3) is 5.91 Å². The van der Waals surface area contributed by atoms with Gasteiger partial charge in [0.15, 0.2) is 0 Å². The van der Waals surface area contributed by atoms with Crippen LogP contribution in [0.3, 0.4) is 0 Å². The summed E-state index contributed by atoms with van der Waals surface area (Å²) >= 11 is 0. The minimum absolute atomic E-state index is 0.401. The van der Waals surface area contributed by atoms with Crippen LogP contribution >= 0.6 is 0 Å². The lowest BCUT2D eigenvalue weighted by Crippen LogP contribution is -2.40. The van der Waals surface area contributed by atoms with Crippen LogP contribution in [0.15, 0.2) is 24.3 Å². The number of aryl methyl sites for hydroxylation is 1. The van der Waals surface area contributed by atoms with Gasteiger partial charge in [-0.15, -0.1) is 0 Å². The molecule has 0 spiro atoms. The number of benzene rings is 1. The van der Waals surface area contributed by atoms with Crippen LogP contribution in [-0.2, 0) is 25.5 Å². The first-order valence-corrected chi connectivity index (χ1v) is 8.15. The monoisotopic (exact) mass is 334 g/mol. The van der Waals surface area contributed by atoms with Crippen molar-refractivity contribution in [3.8, 4) is 0 Å². The highest BCUT2D eigenvalue weighted by Gasteiger charge is 2.40. The third-order valence-electron chi connectivity index (χ3n) is 2.64. The predicted octanol–water partition coefficient (Wildman–Crippen LogP) is 0.669. The lowest BCUT2D eigenvalue weighted by molar-refractivity contribution is -0.147. The van der Waals surface area contributed by atoms with Crippen molar-refractivity contribution in [1.29, 1.82) is 0 Å². The number of amides is 2. The van der Waals surface area contributed by atoms with Crippen molar-refractivity contribution < 1.29 is 26.8 Å². The first-order valence-electron chi connectivity index (χ1n) is 6.26. The summed E-state index contributed by atoms with van der Waals surface area (Å²) in [5.74, 6) is -6.17. The smallest absolute Gasteiger partial charge is 0.349 e. The van der Waals surface area contributed by atoms with Crippen LogP contribution in [0, 0.1) is 6.92 Å². The van der Waals surface area contributed by atoms with Crippen LogP contribution in [0.5, 0.6) is 0 Å². The fraction of sp³-hybridized carbons (Fsp3) is 0.385. The van der Waals surface area contributed by atoms with Crippen LogP contribution in [0.4, 0.5) is 8.78 Å². The molecule has 0 aliphatic rings. The molecule has 0 aliphatic heterocycles. The van der Waals surface area contributed by atoms with Crippen LogP contribution in [0.2, 0.25) is 0 Å². The molecule has 0 saturated carbocycles. The van der Waals surface area contributed by atoms with Gasteiger partial charge in [0.05, 0.1) is 6.26 Å². The van der Waals surface area contributed by atoms with Crippen molar-refractivity contribution >= 4 is 21.8 Å². The Morgan fingerprint density at radius 1 is 1.18 bits per heavy atom. The summed E-state index contributed by atoms with van der Waals surface area (Å²) in [6, 6.07) is 5.20. The topological polar surface area (TPSA) is 92.3 Å². The lowest BCUT2D eigenvalue weighted by atomic mass is 10.1. The normalized spacial score (nSPS) is 11.8. The van der Waals surface area contributed by atoms with E-state index >= 15 is 0 Å². The van der Waals surface area contributed by atoms with Crippen LogP contribution in [0.25, 0.3) is 0 Å². The first-order chi connectivity index (χ1) is 10.0. The Labute approximate surface area is 127 Å². The third kappa shape index (κ3) is 5.40. The summed E-state index contributed by atoms with van der Waals surface area (Å²) in [7, 11) is -3.71. The Kier molecular flexibility index (Phi) is 5.59. The summed E-state index contributed by atoms with van der Waals surface area (Å²) in [4.78, 5) is 22.7. The average molecular weight is 334 g/mol. The van der Waals surface area contributed by atoms with Crippen LogP contribution in [-0.4, -0.2) is 33.0 Å². The standard InChI is InChI=1S/C13H16F2N2O4S/c1-9-3-5-10(6-4-9)13(14,15)12(19)16-8-7-11(18)17-22(2,20)21/h3-6H,7-8H2,1-2H3,(H,16,19)(H,17,18). The number of sulfonamides is 1. The lowest BCUT2D eigenvalue weighted by Gasteiger charge is -2.16. The van der Waals surface area contributed by atoms with Crippen molar-refractivity contribution in [3.63, 3.8) is 0 Å². The zero-order valence-electron chi connectivity index (χ0n) is 12.0. The average Bonchev–Trinajstić information content (AvgIpc) is 2.36. The van der Waals surface area contributed by atoms with Gasteiger partial charge in [0, 0.05) is 18.5 Å². The molecule has 2 amide bonds. The number of carbonyl (C=O) groups is 2. The summed E-state index contributed by atoms with van der Waals surface area (Å²) in [5.41, 5.74) is 0.314. The van der Waals surface area contributed by atoms with E-state index in [-0.39, 0.29) is 0 Å². The van der Waals surface area contributed by atoms with Gasteiger partial charge in [-0.1, -0.05) is 29.8 Å². The second kappa shape index (κ2) is 6.82. The summed E-state index contributed by atoms with van der Waals surface area (Å²) in [5, 5.41) is 1.91. The number of nitrogens with one attached hydrogen (secondary N) is 2. The number of alkyl halides is 2. The summed E-state index contributed by atoms with van der Waals surface area (Å²) in [6.07, 6.45) is 0.359. The van der Waals surface area contributed by atoms with E-state index in [2.05, 4.69) is 0 Å². The SMILES string of the molecule is Cc1ccc(C(F)(F)C(=O)NCCC(=O)NS(C)(=O)=O)cc1. The molecule has 0 heterocycles. The molecule has 2 N–H and O–H groups in total. The van der Waals surface area contributed by atoms with E-state index in [4.69, 9.17) is 0 Å². The fourth-order valence-corrected chi connectivity index (χ4v) is 2.07. The van der Waals surface area contributed by atoms with Crippen LogP contribution < -0.4 is 10.0 Å². The van der Waals surface area contributed by atoms with Gasteiger partial charge in [-0.2, -0.15) is 8.78 Å². The van der Waals surface area contributed by atoms with E-state index in [0.29, 0.717) is 0 Å². The highest BCUT2D eigenvalue weighted by atomic mass is 32.2. The predicted molar refractivity (Wildman–Crippen MR) is 75.7 cm³/mol. The van der Waals surface area contributed by atoms with Crippen molar-refractivity contribution in [2.24, 2.45) is 0 Å². The zero-order valence-corrected chi connectivity index (χ0v) is 12.8. The highest BCUT2D eigenvalue weighted by Crippen LogP contribution is 2.28. The maximum absolute atomic E-state index is 13.9. The van der Waals surface area contributed by atoms with Gasteiger partial charge in [0.1, 0.15) is 0 Å². The Balaban J connectivity index is 2.57. The number of halogens is 2. The maximum atomic E-state index is 13.9. The number of rotatable bonds is 6.